The highest BCUT2D eigenvalue weighted by Crippen LogP contribution is 2.19. The fraction of sp³-hybridized carbons (Fsp3) is 0.269. The Bertz CT molecular complexity index is 1320. The smallest absolute Gasteiger partial charge is 0.265 e. The van der Waals surface area contributed by atoms with Crippen LogP contribution in [0.25, 0.3) is 5.65 Å². The Morgan fingerprint density at radius 1 is 1.03 bits per heavy atom. The molecule has 4 heterocycles. The highest BCUT2D eigenvalue weighted by molar-refractivity contribution is 7.12. The van der Waals surface area contributed by atoms with E-state index >= 15 is 0 Å². The Kier molecular flexibility index (Phi) is 6.17. The normalized spacial score (nSPS) is 14.5. The van der Waals surface area contributed by atoms with E-state index in [1.54, 1.807) is 30.3 Å². The van der Waals surface area contributed by atoms with Gasteiger partial charge in [-0.25, -0.2) is 4.98 Å². The van der Waals surface area contributed by atoms with Crippen molar-refractivity contribution in [2.24, 2.45) is 0 Å². The predicted molar refractivity (Wildman–Crippen MR) is 135 cm³/mol. The summed E-state index contributed by atoms with van der Waals surface area (Å²) in [4.78, 5) is 34.9. The number of pyridine rings is 1. The van der Waals surface area contributed by atoms with E-state index < -0.39 is 0 Å². The SMILES string of the molecule is Cc1ccn2c(CN3CCN(C(=O)c4ccc(NC(=O)c5cccs5)cc4)CC3)c(C)nc2c1. The number of aryl methyl sites for hydroxylation is 2. The Morgan fingerprint density at radius 2 is 1.79 bits per heavy atom. The molecule has 8 heteroatoms. The van der Waals surface area contributed by atoms with Gasteiger partial charge in [-0.2, -0.15) is 0 Å². The van der Waals surface area contributed by atoms with Crippen LogP contribution in [-0.4, -0.2) is 57.2 Å². The number of nitrogens with zero attached hydrogens (tertiary/aromatic N) is 4. The molecule has 0 unspecified atom stereocenters. The van der Waals surface area contributed by atoms with Gasteiger partial charge in [-0.1, -0.05) is 6.07 Å². The minimum absolute atomic E-state index is 0.0252. The van der Waals surface area contributed by atoms with Gasteiger partial charge in [-0.05, 0) is 67.3 Å². The van der Waals surface area contributed by atoms with E-state index in [9.17, 15) is 9.59 Å². The molecule has 0 bridgehead atoms. The average Bonchev–Trinajstić information content (AvgIpc) is 3.48. The first kappa shape index (κ1) is 22.3. The van der Waals surface area contributed by atoms with Crippen molar-refractivity contribution >= 4 is 34.5 Å². The Balaban J connectivity index is 1.18. The highest BCUT2D eigenvalue weighted by Gasteiger charge is 2.23. The number of piperazine rings is 1. The van der Waals surface area contributed by atoms with Crippen LogP contribution in [0.3, 0.4) is 0 Å². The molecule has 3 aromatic heterocycles. The van der Waals surface area contributed by atoms with Crippen molar-refractivity contribution in [2.45, 2.75) is 20.4 Å². The molecular weight excluding hydrogens is 446 g/mol. The van der Waals surface area contributed by atoms with Crippen LogP contribution in [0.5, 0.6) is 0 Å². The maximum atomic E-state index is 13.0. The zero-order valence-corrected chi connectivity index (χ0v) is 20.1. The second-order valence-electron chi connectivity index (χ2n) is 8.65. The van der Waals surface area contributed by atoms with Gasteiger partial charge in [-0.3, -0.25) is 14.5 Å². The molecular formula is C26H27N5O2S. The number of imidazole rings is 1. The van der Waals surface area contributed by atoms with Gasteiger partial charge in [0.1, 0.15) is 5.65 Å². The zero-order valence-electron chi connectivity index (χ0n) is 19.3. The molecule has 4 aromatic rings. The number of anilines is 1. The molecule has 0 radical (unpaired) electrons. The number of benzene rings is 1. The van der Waals surface area contributed by atoms with Gasteiger partial charge in [-0.15, -0.1) is 11.3 Å². The van der Waals surface area contributed by atoms with Crippen molar-refractivity contribution in [1.29, 1.82) is 0 Å². The summed E-state index contributed by atoms with van der Waals surface area (Å²) in [6.45, 7) is 7.96. The summed E-state index contributed by atoms with van der Waals surface area (Å²) in [5.74, 6) is -0.112. The lowest BCUT2D eigenvalue weighted by molar-refractivity contribution is 0.0626. The van der Waals surface area contributed by atoms with Crippen molar-refractivity contribution in [3.63, 3.8) is 0 Å². The van der Waals surface area contributed by atoms with Crippen LogP contribution < -0.4 is 5.32 Å². The molecule has 34 heavy (non-hydrogen) atoms. The molecule has 1 N–H and O–H groups in total. The van der Waals surface area contributed by atoms with Crippen LogP contribution in [0.15, 0.2) is 60.1 Å². The van der Waals surface area contributed by atoms with Crippen molar-refractivity contribution in [1.82, 2.24) is 19.2 Å². The molecule has 1 aliphatic rings. The fourth-order valence-corrected chi connectivity index (χ4v) is 4.92. The molecule has 2 amide bonds. The second kappa shape index (κ2) is 9.40. The fourth-order valence-electron chi connectivity index (χ4n) is 4.31. The van der Waals surface area contributed by atoms with Crippen molar-refractivity contribution in [3.05, 3.63) is 87.5 Å². The first-order valence-corrected chi connectivity index (χ1v) is 12.3. The predicted octanol–water partition coefficient (Wildman–Crippen LogP) is 4.22. The van der Waals surface area contributed by atoms with Gasteiger partial charge in [0.15, 0.2) is 0 Å². The third-order valence-electron chi connectivity index (χ3n) is 6.25. The number of aromatic nitrogens is 2. The van der Waals surface area contributed by atoms with Crippen LogP contribution in [0.4, 0.5) is 5.69 Å². The summed E-state index contributed by atoms with van der Waals surface area (Å²) < 4.78 is 2.17. The molecule has 174 valence electrons. The first-order valence-electron chi connectivity index (χ1n) is 11.4. The largest absolute Gasteiger partial charge is 0.336 e. The third kappa shape index (κ3) is 4.60. The van der Waals surface area contributed by atoms with Crippen molar-refractivity contribution in [3.8, 4) is 0 Å². The van der Waals surface area contributed by atoms with Crippen molar-refractivity contribution < 1.29 is 9.59 Å². The van der Waals surface area contributed by atoms with Gasteiger partial charge >= 0.3 is 0 Å². The number of rotatable bonds is 5. The standard InChI is InChI=1S/C26H27N5O2S/c1-18-9-10-31-22(19(2)27-24(31)16-18)17-29-11-13-30(14-12-29)26(33)20-5-7-21(8-6-20)28-25(32)23-4-3-15-34-23/h3-10,15-16H,11-14,17H2,1-2H3,(H,28,32). The minimum Gasteiger partial charge on any atom is -0.336 e. The molecule has 0 saturated carbocycles. The van der Waals surface area contributed by atoms with Crippen molar-refractivity contribution in [2.75, 3.05) is 31.5 Å². The van der Waals surface area contributed by atoms with E-state index in [1.807, 2.05) is 16.3 Å². The molecule has 0 aliphatic carbocycles. The number of amides is 2. The van der Waals surface area contributed by atoms with Gasteiger partial charge in [0.2, 0.25) is 0 Å². The maximum absolute atomic E-state index is 13.0. The van der Waals surface area contributed by atoms with Gasteiger partial charge in [0, 0.05) is 50.2 Å². The number of hydrogen-bond donors (Lipinski definition) is 1. The van der Waals surface area contributed by atoms with E-state index in [-0.39, 0.29) is 11.8 Å². The molecule has 1 aliphatic heterocycles. The maximum Gasteiger partial charge on any atom is 0.265 e. The third-order valence-corrected chi connectivity index (χ3v) is 7.12. The number of fused-ring (bicyclic) bond motifs is 1. The molecule has 1 aromatic carbocycles. The number of carbonyl (C=O) groups is 2. The average molecular weight is 474 g/mol. The molecule has 1 saturated heterocycles. The van der Waals surface area contributed by atoms with Gasteiger partial charge in [0.05, 0.1) is 16.3 Å². The van der Waals surface area contributed by atoms with Gasteiger partial charge < -0.3 is 14.6 Å². The van der Waals surface area contributed by atoms with Crippen LogP contribution in [0.1, 0.15) is 37.0 Å². The molecule has 0 atom stereocenters. The quantitative estimate of drug-likeness (QED) is 0.471. The Hall–Kier alpha value is -3.49. The van der Waals surface area contributed by atoms with Crippen LogP contribution >= 0.6 is 11.3 Å². The number of carbonyl (C=O) groups excluding carboxylic acids is 2. The molecule has 1 fully saturated rings. The van der Waals surface area contributed by atoms with E-state index in [1.165, 1.54) is 22.6 Å². The Labute approximate surface area is 202 Å². The summed E-state index contributed by atoms with van der Waals surface area (Å²) in [5.41, 5.74) is 5.75. The lowest BCUT2D eigenvalue weighted by Crippen LogP contribution is -2.48. The molecule has 7 nitrogen and oxygen atoms in total. The number of thiophene rings is 1. The highest BCUT2D eigenvalue weighted by atomic mass is 32.1. The lowest BCUT2D eigenvalue weighted by Gasteiger charge is -2.34. The summed E-state index contributed by atoms with van der Waals surface area (Å²) in [7, 11) is 0. The number of hydrogen-bond acceptors (Lipinski definition) is 5. The van der Waals surface area contributed by atoms with E-state index in [0.717, 1.165) is 31.0 Å². The summed E-state index contributed by atoms with van der Waals surface area (Å²) in [6, 6.07) is 15.0. The first-order chi connectivity index (χ1) is 16.5. The number of nitrogens with one attached hydrogen (secondary N) is 1. The second-order valence-corrected chi connectivity index (χ2v) is 9.60. The van der Waals surface area contributed by atoms with E-state index in [4.69, 9.17) is 4.98 Å². The van der Waals surface area contributed by atoms with E-state index in [0.29, 0.717) is 29.2 Å². The summed E-state index contributed by atoms with van der Waals surface area (Å²) in [5, 5.41) is 4.74. The zero-order chi connectivity index (χ0) is 23.7. The topological polar surface area (TPSA) is 70.0 Å². The monoisotopic (exact) mass is 473 g/mol. The molecule has 0 spiro atoms. The van der Waals surface area contributed by atoms with Crippen LogP contribution in [0, 0.1) is 13.8 Å². The Morgan fingerprint density at radius 3 is 2.50 bits per heavy atom. The van der Waals surface area contributed by atoms with E-state index in [2.05, 4.69) is 46.8 Å². The molecule has 5 rings (SSSR count). The lowest BCUT2D eigenvalue weighted by atomic mass is 10.1. The van der Waals surface area contributed by atoms with Crippen LogP contribution in [0.2, 0.25) is 0 Å². The summed E-state index contributed by atoms with van der Waals surface area (Å²) in [6.07, 6.45) is 2.09. The summed E-state index contributed by atoms with van der Waals surface area (Å²) >= 11 is 1.40. The van der Waals surface area contributed by atoms with Gasteiger partial charge in [0.25, 0.3) is 11.8 Å². The van der Waals surface area contributed by atoms with Crippen LogP contribution in [-0.2, 0) is 6.54 Å². The minimum atomic E-state index is -0.137.